The van der Waals surface area contributed by atoms with Crippen molar-refractivity contribution in [1.82, 2.24) is 14.8 Å². The van der Waals surface area contributed by atoms with Gasteiger partial charge in [0.25, 0.3) is 5.91 Å². The standard InChI is InChI=1S/C26H36N4O4/c1-6-25(31)28-20-10-11-22-23(13-20)34-17-19(3)30(15-21-9-7-8-12-27-21)14-18(2)24(33-5)16-29(4)26(22)32/h7-13,18-19,24H,6,14-17H2,1-5H3,(H,28,31)/t18-,19-,24-/m1/s1. The Balaban J connectivity index is 1.94. The number of benzene rings is 1. The fourth-order valence-corrected chi connectivity index (χ4v) is 4.09. The average molecular weight is 469 g/mol. The van der Waals surface area contributed by atoms with Crippen LogP contribution in [-0.2, 0) is 16.1 Å². The number of hydrogen-bond acceptors (Lipinski definition) is 6. The fraction of sp³-hybridized carbons (Fsp3) is 0.500. The van der Waals surface area contributed by atoms with Crippen molar-refractivity contribution >= 4 is 17.5 Å². The number of nitrogens with one attached hydrogen (secondary N) is 1. The summed E-state index contributed by atoms with van der Waals surface area (Å²) in [6.45, 7) is 8.33. The molecule has 0 saturated carbocycles. The highest BCUT2D eigenvalue weighted by Gasteiger charge is 2.28. The number of hydrogen-bond donors (Lipinski definition) is 1. The molecular weight excluding hydrogens is 432 g/mol. The Kier molecular flexibility index (Phi) is 9.01. The Labute approximate surface area is 202 Å². The summed E-state index contributed by atoms with van der Waals surface area (Å²) in [5.41, 5.74) is 2.05. The summed E-state index contributed by atoms with van der Waals surface area (Å²) < 4.78 is 12.0. The molecule has 1 aliphatic heterocycles. The molecule has 1 aliphatic rings. The van der Waals surface area contributed by atoms with Gasteiger partial charge in [-0.05, 0) is 37.1 Å². The van der Waals surface area contributed by atoms with Gasteiger partial charge >= 0.3 is 0 Å². The molecule has 8 heteroatoms. The number of ether oxygens (including phenoxy) is 2. The molecule has 0 aliphatic carbocycles. The van der Waals surface area contributed by atoms with Crippen molar-refractivity contribution in [3.63, 3.8) is 0 Å². The van der Waals surface area contributed by atoms with Gasteiger partial charge in [0, 0.05) is 64.2 Å². The van der Waals surface area contributed by atoms with Crippen molar-refractivity contribution in [3.8, 4) is 5.75 Å². The number of carbonyl (C=O) groups is 2. The second-order valence-corrected chi connectivity index (χ2v) is 8.96. The first-order valence-electron chi connectivity index (χ1n) is 11.8. The maximum absolute atomic E-state index is 13.3. The fourth-order valence-electron chi connectivity index (χ4n) is 4.09. The summed E-state index contributed by atoms with van der Waals surface area (Å²) in [7, 11) is 3.47. The largest absolute Gasteiger partial charge is 0.491 e. The van der Waals surface area contributed by atoms with Gasteiger partial charge in [0.05, 0.1) is 17.4 Å². The van der Waals surface area contributed by atoms with Gasteiger partial charge in [0.1, 0.15) is 12.4 Å². The van der Waals surface area contributed by atoms with E-state index >= 15 is 0 Å². The van der Waals surface area contributed by atoms with Crippen LogP contribution in [0.5, 0.6) is 5.75 Å². The molecule has 0 radical (unpaired) electrons. The van der Waals surface area contributed by atoms with Gasteiger partial charge in [-0.3, -0.25) is 19.5 Å². The minimum atomic E-state index is -0.142. The van der Waals surface area contributed by atoms with E-state index in [0.29, 0.717) is 43.1 Å². The third-order valence-electron chi connectivity index (χ3n) is 6.27. The van der Waals surface area contributed by atoms with Gasteiger partial charge in [0.15, 0.2) is 0 Å². The quantitative estimate of drug-likeness (QED) is 0.724. The van der Waals surface area contributed by atoms with Gasteiger partial charge in [-0.1, -0.05) is 19.9 Å². The molecule has 0 fully saturated rings. The summed E-state index contributed by atoms with van der Waals surface area (Å²) >= 11 is 0. The van der Waals surface area contributed by atoms with Crippen LogP contribution in [0, 0.1) is 5.92 Å². The molecule has 3 atom stereocenters. The van der Waals surface area contributed by atoms with Gasteiger partial charge in [-0.15, -0.1) is 0 Å². The molecule has 34 heavy (non-hydrogen) atoms. The number of rotatable bonds is 5. The van der Waals surface area contributed by atoms with Crippen LogP contribution in [0.3, 0.4) is 0 Å². The first-order valence-corrected chi connectivity index (χ1v) is 11.8. The first kappa shape index (κ1) is 25.6. The summed E-state index contributed by atoms with van der Waals surface area (Å²) in [5, 5.41) is 2.85. The SMILES string of the molecule is CCC(=O)Nc1ccc2c(c1)OC[C@@H](C)N(Cc1ccccn1)C[C@@H](C)[C@H](OC)CN(C)C2=O. The highest BCUT2D eigenvalue weighted by molar-refractivity contribution is 5.98. The number of likely N-dealkylation sites (N-methyl/N-ethyl adjacent to an activating group) is 1. The number of anilines is 1. The summed E-state index contributed by atoms with van der Waals surface area (Å²) in [4.78, 5) is 33.7. The zero-order valence-electron chi connectivity index (χ0n) is 20.8. The lowest BCUT2D eigenvalue weighted by Gasteiger charge is -2.35. The molecule has 8 nitrogen and oxygen atoms in total. The number of aromatic nitrogens is 1. The highest BCUT2D eigenvalue weighted by Crippen LogP contribution is 2.27. The van der Waals surface area contributed by atoms with E-state index in [-0.39, 0.29) is 29.9 Å². The van der Waals surface area contributed by atoms with E-state index in [1.165, 1.54) is 0 Å². The van der Waals surface area contributed by atoms with E-state index in [1.54, 1.807) is 50.4 Å². The maximum Gasteiger partial charge on any atom is 0.257 e. The molecule has 0 spiro atoms. The molecule has 0 unspecified atom stereocenters. The van der Waals surface area contributed by atoms with E-state index in [1.807, 2.05) is 18.2 Å². The van der Waals surface area contributed by atoms with Crippen LogP contribution >= 0.6 is 0 Å². The molecule has 2 heterocycles. The number of fused-ring (bicyclic) bond motifs is 1. The summed E-state index contributed by atoms with van der Waals surface area (Å²) in [6, 6.07) is 11.2. The number of amides is 2. The Morgan fingerprint density at radius 2 is 2.03 bits per heavy atom. The third-order valence-corrected chi connectivity index (χ3v) is 6.27. The molecule has 1 aromatic carbocycles. The Bertz CT molecular complexity index is 969. The Hall–Kier alpha value is -2.97. The van der Waals surface area contributed by atoms with Crippen LogP contribution in [0.1, 0.15) is 43.2 Å². The van der Waals surface area contributed by atoms with Crippen LogP contribution in [0.2, 0.25) is 0 Å². The van der Waals surface area contributed by atoms with Crippen LogP contribution in [0.4, 0.5) is 5.69 Å². The lowest BCUT2D eigenvalue weighted by molar-refractivity contribution is -0.115. The molecule has 2 amide bonds. The number of carbonyl (C=O) groups excluding carboxylic acids is 2. The Morgan fingerprint density at radius 1 is 1.24 bits per heavy atom. The summed E-state index contributed by atoms with van der Waals surface area (Å²) in [6.07, 6.45) is 2.05. The second kappa shape index (κ2) is 11.9. The molecule has 1 N–H and O–H groups in total. The zero-order valence-corrected chi connectivity index (χ0v) is 20.8. The number of pyridine rings is 1. The minimum absolute atomic E-state index is 0.0518. The van der Waals surface area contributed by atoms with Crippen molar-refractivity contribution in [2.75, 3.05) is 39.2 Å². The molecule has 3 rings (SSSR count). The van der Waals surface area contributed by atoms with Crippen LogP contribution in [-0.4, -0.2) is 72.6 Å². The van der Waals surface area contributed by atoms with Crippen molar-refractivity contribution < 1.29 is 19.1 Å². The third kappa shape index (κ3) is 6.55. The lowest BCUT2D eigenvalue weighted by atomic mass is 10.0. The van der Waals surface area contributed by atoms with Gasteiger partial charge in [0.2, 0.25) is 5.91 Å². The average Bonchev–Trinajstić information content (AvgIpc) is 2.84. The Morgan fingerprint density at radius 3 is 2.71 bits per heavy atom. The minimum Gasteiger partial charge on any atom is -0.491 e. The van der Waals surface area contributed by atoms with Crippen LogP contribution in [0.25, 0.3) is 0 Å². The number of methoxy groups -OCH3 is 1. The van der Waals surface area contributed by atoms with E-state index in [0.717, 1.165) is 12.2 Å². The van der Waals surface area contributed by atoms with E-state index in [4.69, 9.17) is 9.47 Å². The van der Waals surface area contributed by atoms with E-state index < -0.39 is 0 Å². The van der Waals surface area contributed by atoms with Crippen LogP contribution < -0.4 is 10.1 Å². The van der Waals surface area contributed by atoms with Crippen molar-refractivity contribution in [3.05, 3.63) is 53.9 Å². The molecule has 0 saturated heterocycles. The molecule has 2 aromatic rings. The van der Waals surface area contributed by atoms with Gasteiger partial charge in [-0.25, -0.2) is 0 Å². The van der Waals surface area contributed by atoms with Gasteiger partial charge < -0.3 is 19.7 Å². The van der Waals surface area contributed by atoms with Crippen molar-refractivity contribution in [2.45, 2.75) is 45.9 Å². The van der Waals surface area contributed by atoms with E-state index in [2.05, 4.69) is 29.0 Å². The van der Waals surface area contributed by atoms with Crippen molar-refractivity contribution in [1.29, 1.82) is 0 Å². The highest BCUT2D eigenvalue weighted by atomic mass is 16.5. The van der Waals surface area contributed by atoms with E-state index in [9.17, 15) is 9.59 Å². The predicted molar refractivity (Wildman–Crippen MR) is 132 cm³/mol. The first-order chi connectivity index (χ1) is 16.3. The van der Waals surface area contributed by atoms with Crippen molar-refractivity contribution in [2.24, 2.45) is 5.92 Å². The predicted octanol–water partition coefficient (Wildman–Crippen LogP) is 3.44. The molecule has 1 aromatic heterocycles. The number of nitrogens with zero attached hydrogens (tertiary/aromatic N) is 3. The topological polar surface area (TPSA) is 84.0 Å². The smallest absolute Gasteiger partial charge is 0.257 e. The van der Waals surface area contributed by atoms with Crippen LogP contribution in [0.15, 0.2) is 42.6 Å². The summed E-state index contributed by atoms with van der Waals surface area (Å²) in [5.74, 6) is 0.398. The maximum atomic E-state index is 13.3. The lowest BCUT2D eigenvalue weighted by Crippen LogP contribution is -2.46. The monoisotopic (exact) mass is 468 g/mol. The zero-order chi connectivity index (χ0) is 24.7. The molecular formula is C26H36N4O4. The normalized spacial score (nSPS) is 22.2. The molecule has 184 valence electrons. The molecule has 0 bridgehead atoms. The van der Waals surface area contributed by atoms with Gasteiger partial charge in [-0.2, -0.15) is 0 Å². The second-order valence-electron chi connectivity index (χ2n) is 8.96.